The molecule has 7 nitrogen and oxygen atoms in total. The van der Waals surface area contributed by atoms with Crippen molar-refractivity contribution in [2.24, 2.45) is 7.05 Å². The van der Waals surface area contributed by atoms with E-state index in [1.807, 2.05) is 41.9 Å². The molecule has 1 unspecified atom stereocenters. The molecule has 1 aromatic heterocycles. The summed E-state index contributed by atoms with van der Waals surface area (Å²) < 4.78 is 13.1. The maximum absolute atomic E-state index is 13.1. The number of carbonyl (C=O) groups is 1. The van der Waals surface area contributed by atoms with Crippen molar-refractivity contribution in [1.29, 1.82) is 0 Å². The number of nitrogens with one attached hydrogen (secondary N) is 1. The molecule has 2 aliphatic heterocycles. The van der Waals surface area contributed by atoms with Gasteiger partial charge in [-0.1, -0.05) is 42.1 Å². The van der Waals surface area contributed by atoms with Crippen molar-refractivity contribution < 1.29 is 14.3 Å². The molecule has 0 fully saturated rings. The van der Waals surface area contributed by atoms with Crippen molar-refractivity contribution in [3.05, 3.63) is 75.1 Å². The van der Waals surface area contributed by atoms with E-state index in [1.54, 1.807) is 0 Å². The number of ether oxygens (including phenoxy) is 2. The summed E-state index contributed by atoms with van der Waals surface area (Å²) >= 11 is 1.48. The van der Waals surface area contributed by atoms with Gasteiger partial charge in [0.15, 0.2) is 16.7 Å². The average molecular weight is 450 g/mol. The fourth-order valence-electron chi connectivity index (χ4n) is 4.14. The number of benzene rings is 2. The molecule has 0 radical (unpaired) electrons. The Kier molecular flexibility index (Phi) is 5.38. The third kappa shape index (κ3) is 3.75. The van der Waals surface area contributed by atoms with Gasteiger partial charge in [0.2, 0.25) is 5.91 Å². The largest absolute Gasteiger partial charge is 0.486 e. The van der Waals surface area contributed by atoms with Gasteiger partial charge >= 0.3 is 0 Å². The molecular formula is C24H23N3O4S. The molecule has 164 valence electrons. The minimum absolute atomic E-state index is 0.131. The Morgan fingerprint density at radius 2 is 1.91 bits per heavy atom. The van der Waals surface area contributed by atoms with Gasteiger partial charge in [0.1, 0.15) is 19.0 Å². The van der Waals surface area contributed by atoms with Gasteiger partial charge in [0.25, 0.3) is 5.56 Å². The van der Waals surface area contributed by atoms with Crippen molar-refractivity contribution in [2.75, 3.05) is 18.5 Å². The quantitative estimate of drug-likeness (QED) is 0.484. The number of rotatable bonds is 4. The Labute approximate surface area is 189 Å². The van der Waals surface area contributed by atoms with Crippen LogP contribution in [-0.2, 0) is 17.6 Å². The standard InChI is InChI=1S/C24H23N3O4S/c1-14-5-3-4-6-16(14)13-32-24-26-23(29)21-17(12-20(28)25-22(21)27(24)2)15-7-8-18-19(11-15)31-10-9-30-18/h3-8,11,17H,9-10,12-13H2,1-2H3,(H,25,28). The lowest BCUT2D eigenvalue weighted by Gasteiger charge is -2.28. The summed E-state index contributed by atoms with van der Waals surface area (Å²) in [7, 11) is 1.83. The van der Waals surface area contributed by atoms with E-state index in [9.17, 15) is 9.59 Å². The molecule has 32 heavy (non-hydrogen) atoms. The number of carbonyl (C=O) groups excluding carboxylic acids is 1. The smallest absolute Gasteiger partial charge is 0.279 e. The van der Waals surface area contributed by atoms with Crippen LogP contribution in [0.4, 0.5) is 5.82 Å². The lowest BCUT2D eigenvalue weighted by molar-refractivity contribution is -0.116. The van der Waals surface area contributed by atoms with E-state index in [2.05, 4.69) is 29.4 Å². The fourth-order valence-corrected chi connectivity index (χ4v) is 5.18. The van der Waals surface area contributed by atoms with Crippen molar-refractivity contribution in [2.45, 2.75) is 30.2 Å². The molecule has 0 aliphatic carbocycles. The molecule has 8 heteroatoms. The Hall–Kier alpha value is -3.26. The molecule has 1 atom stereocenters. The Bertz CT molecular complexity index is 1270. The molecule has 0 bridgehead atoms. The summed E-state index contributed by atoms with van der Waals surface area (Å²) in [5.74, 6) is 1.98. The lowest BCUT2D eigenvalue weighted by atomic mass is 9.86. The summed E-state index contributed by atoms with van der Waals surface area (Å²) in [5, 5.41) is 3.47. The van der Waals surface area contributed by atoms with E-state index in [1.165, 1.54) is 22.9 Å². The number of fused-ring (bicyclic) bond motifs is 2. The summed E-state index contributed by atoms with van der Waals surface area (Å²) in [6.45, 7) is 3.05. The van der Waals surface area contributed by atoms with Crippen LogP contribution in [0.15, 0.2) is 52.4 Å². The summed E-state index contributed by atoms with van der Waals surface area (Å²) in [5.41, 5.74) is 3.40. The number of anilines is 1. The van der Waals surface area contributed by atoms with Crippen LogP contribution in [-0.4, -0.2) is 28.7 Å². The first-order chi connectivity index (χ1) is 15.5. The van der Waals surface area contributed by atoms with Crippen molar-refractivity contribution in [3.8, 4) is 11.5 Å². The molecule has 5 rings (SSSR count). The molecule has 0 saturated heterocycles. The zero-order chi connectivity index (χ0) is 22.2. The van der Waals surface area contributed by atoms with Gasteiger partial charge in [-0.2, -0.15) is 4.98 Å². The highest BCUT2D eigenvalue weighted by molar-refractivity contribution is 7.98. The van der Waals surface area contributed by atoms with Crippen molar-refractivity contribution in [1.82, 2.24) is 9.55 Å². The van der Waals surface area contributed by atoms with Gasteiger partial charge in [-0.3, -0.25) is 9.59 Å². The molecule has 3 heterocycles. The Morgan fingerprint density at radius 3 is 2.72 bits per heavy atom. The highest BCUT2D eigenvalue weighted by atomic mass is 32.2. The first-order valence-corrected chi connectivity index (χ1v) is 11.5. The maximum Gasteiger partial charge on any atom is 0.279 e. The van der Waals surface area contributed by atoms with Crippen LogP contribution in [0.1, 0.15) is 34.6 Å². The van der Waals surface area contributed by atoms with E-state index in [4.69, 9.17) is 9.47 Å². The lowest BCUT2D eigenvalue weighted by Crippen LogP contribution is -2.33. The number of hydrogen-bond acceptors (Lipinski definition) is 6. The number of aryl methyl sites for hydroxylation is 1. The van der Waals surface area contributed by atoms with Crippen LogP contribution in [0, 0.1) is 6.92 Å². The number of nitrogens with zero attached hydrogens (tertiary/aromatic N) is 2. The highest BCUT2D eigenvalue weighted by Crippen LogP contribution is 2.40. The number of aromatic nitrogens is 2. The summed E-state index contributed by atoms with van der Waals surface area (Å²) in [4.78, 5) is 30.1. The third-order valence-corrected chi connectivity index (χ3v) is 6.97. The second-order valence-electron chi connectivity index (χ2n) is 7.94. The van der Waals surface area contributed by atoms with Crippen LogP contribution in [0.2, 0.25) is 0 Å². The van der Waals surface area contributed by atoms with Gasteiger partial charge in [0, 0.05) is 25.1 Å². The molecule has 2 aromatic carbocycles. The minimum atomic E-state index is -0.392. The molecular weight excluding hydrogens is 426 g/mol. The molecule has 0 spiro atoms. The Balaban J connectivity index is 1.51. The average Bonchev–Trinajstić information content (AvgIpc) is 2.80. The second-order valence-corrected chi connectivity index (χ2v) is 8.89. The van der Waals surface area contributed by atoms with Crippen LogP contribution >= 0.6 is 11.8 Å². The third-order valence-electron chi connectivity index (χ3n) is 5.89. The summed E-state index contributed by atoms with van der Waals surface area (Å²) in [6.07, 6.45) is 0.180. The number of amides is 1. The predicted octanol–water partition coefficient (Wildman–Crippen LogP) is 3.63. The Morgan fingerprint density at radius 1 is 1.12 bits per heavy atom. The van der Waals surface area contributed by atoms with Crippen LogP contribution in [0.3, 0.4) is 0 Å². The maximum atomic E-state index is 13.1. The topological polar surface area (TPSA) is 82.5 Å². The molecule has 1 amide bonds. The number of hydrogen-bond donors (Lipinski definition) is 1. The second kappa shape index (κ2) is 8.35. The van der Waals surface area contributed by atoms with Gasteiger partial charge in [0.05, 0.1) is 5.56 Å². The van der Waals surface area contributed by atoms with Crippen LogP contribution in [0.25, 0.3) is 0 Å². The molecule has 3 aromatic rings. The van der Waals surface area contributed by atoms with E-state index in [0.717, 1.165) is 5.56 Å². The van der Waals surface area contributed by atoms with Crippen LogP contribution < -0.4 is 20.3 Å². The zero-order valence-corrected chi connectivity index (χ0v) is 18.7. The summed E-state index contributed by atoms with van der Waals surface area (Å²) in [6, 6.07) is 13.7. The molecule has 1 N–H and O–H groups in total. The first kappa shape index (κ1) is 20.6. The van der Waals surface area contributed by atoms with Crippen molar-refractivity contribution in [3.63, 3.8) is 0 Å². The van der Waals surface area contributed by atoms with Crippen molar-refractivity contribution >= 4 is 23.5 Å². The van der Waals surface area contributed by atoms with Gasteiger partial charge in [-0.05, 0) is 35.7 Å². The van der Waals surface area contributed by atoms with E-state index in [-0.39, 0.29) is 17.9 Å². The highest BCUT2D eigenvalue weighted by Gasteiger charge is 2.33. The molecule has 2 aliphatic rings. The van der Waals surface area contributed by atoms with Gasteiger partial charge in [-0.25, -0.2) is 0 Å². The van der Waals surface area contributed by atoms with Gasteiger partial charge < -0.3 is 19.4 Å². The SMILES string of the molecule is Cc1ccccc1CSc1nc(=O)c2c(n1C)NC(=O)CC2c1ccc2c(c1)OCCO2. The minimum Gasteiger partial charge on any atom is -0.486 e. The van der Waals surface area contributed by atoms with E-state index in [0.29, 0.717) is 47.0 Å². The number of thioether (sulfide) groups is 1. The monoisotopic (exact) mass is 449 g/mol. The van der Waals surface area contributed by atoms with Crippen LogP contribution in [0.5, 0.6) is 11.5 Å². The molecule has 0 saturated carbocycles. The van der Waals surface area contributed by atoms with E-state index >= 15 is 0 Å². The van der Waals surface area contributed by atoms with Gasteiger partial charge in [-0.15, -0.1) is 0 Å². The predicted molar refractivity (Wildman–Crippen MR) is 123 cm³/mol. The normalized spacial score (nSPS) is 16.9. The van der Waals surface area contributed by atoms with E-state index < -0.39 is 5.92 Å². The zero-order valence-electron chi connectivity index (χ0n) is 17.9. The fraction of sp³-hybridized carbons (Fsp3) is 0.292. The first-order valence-electron chi connectivity index (χ1n) is 10.5.